The van der Waals surface area contributed by atoms with Crippen LogP contribution in [0.25, 0.3) is 0 Å². The first-order valence-electron chi connectivity index (χ1n) is 5.05. The van der Waals surface area contributed by atoms with Crippen LogP contribution in [0.15, 0.2) is 53.4 Å². The third kappa shape index (κ3) is 2.94. The first-order chi connectivity index (χ1) is 8.47. The molecule has 0 heterocycles. The summed E-state index contributed by atoms with van der Waals surface area (Å²) in [5, 5.41) is 9.64. The fraction of sp³-hybridized carbons (Fsp3) is 0. The third-order valence-electron chi connectivity index (χ3n) is 2.24. The summed E-state index contributed by atoms with van der Waals surface area (Å²) in [6.45, 7) is 0. The van der Waals surface area contributed by atoms with E-state index in [0.717, 1.165) is 0 Å². The molecule has 2 aromatic carbocycles. The van der Waals surface area contributed by atoms with Crippen molar-refractivity contribution in [3.05, 3.63) is 53.6 Å². The monoisotopic (exact) mass is 283 g/mol. The minimum atomic E-state index is -3.65. The summed E-state index contributed by atoms with van der Waals surface area (Å²) >= 11 is 5.71. The van der Waals surface area contributed by atoms with Gasteiger partial charge in [-0.3, -0.25) is 4.72 Å². The number of phenols is 1. The van der Waals surface area contributed by atoms with Crippen molar-refractivity contribution in [2.45, 2.75) is 4.90 Å². The molecule has 2 rings (SSSR count). The zero-order chi connectivity index (χ0) is 13.2. The highest BCUT2D eigenvalue weighted by atomic mass is 35.5. The molecule has 0 aromatic heterocycles. The average molecular weight is 284 g/mol. The number of aromatic hydroxyl groups is 1. The molecule has 0 aliphatic rings. The van der Waals surface area contributed by atoms with Gasteiger partial charge in [-0.15, -0.1) is 0 Å². The van der Waals surface area contributed by atoms with Gasteiger partial charge in [0.2, 0.25) is 0 Å². The Hall–Kier alpha value is -1.72. The van der Waals surface area contributed by atoms with Gasteiger partial charge in [-0.1, -0.05) is 11.6 Å². The molecule has 0 amide bonds. The number of phenolic OH excluding ortho intramolecular Hbond substituents is 1. The normalized spacial score (nSPS) is 11.2. The van der Waals surface area contributed by atoms with Crippen LogP contribution in [0.2, 0.25) is 5.02 Å². The van der Waals surface area contributed by atoms with E-state index in [-0.39, 0.29) is 10.6 Å². The standard InChI is InChI=1S/C12H10ClNO3S/c13-9-1-3-10(4-2-9)14-18(16,17)12-7-5-11(15)6-8-12/h1-8,14-15H. The predicted octanol–water partition coefficient (Wildman–Crippen LogP) is 2.85. The Morgan fingerprint density at radius 2 is 1.50 bits per heavy atom. The van der Waals surface area contributed by atoms with Crippen molar-refractivity contribution in [2.75, 3.05) is 4.72 Å². The largest absolute Gasteiger partial charge is 0.508 e. The maximum Gasteiger partial charge on any atom is 0.261 e. The van der Waals surface area contributed by atoms with Crippen LogP contribution in [0, 0.1) is 0 Å². The Bertz CT molecular complexity index is 636. The van der Waals surface area contributed by atoms with Crippen molar-refractivity contribution in [3.63, 3.8) is 0 Å². The predicted molar refractivity (Wildman–Crippen MR) is 70.4 cm³/mol. The van der Waals surface area contributed by atoms with Gasteiger partial charge in [0.1, 0.15) is 5.75 Å². The second-order valence-corrected chi connectivity index (χ2v) is 5.73. The molecule has 0 fully saturated rings. The van der Waals surface area contributed by atoms with E-state index in [4.69, 9.17) is 16.7 Å². The number of anilines is 1. The molecule has 18 heavy (non-hydrogen) atoms. The minimum absolute atomic E-state index is 0.0143. The van der Waals surface area contributed by atoms with Gasteiger partial charge in [-0.25, -0.2) is 8.42 Å². The molecule has 0 saturated carbocycles. The summed E-state index contributed by atoms with van der Waals surface area (Å²) in [5.41, 5.74) is 0.424. The molecule has 2 N–H and O–H groups in total. The van der Waals surface area contributed by atoms with E-state index < -0.39 is 10.0 Å². The molecular weight excluding hydrogens is 274 g/mol. The highest BCUT2D eigenvalue weighted by Gasteiger charge is 2.13. The van der Waals surface area contributed by atoms with Gasteiger partial charge >= 0.3 is 0 Å². The van der Waals surface area contributed by atoms with Crippen LogP contribution in [0.5, 0.6) is 5.75 Å². The van der Waals surface area contributed by atoms with Crippen molar-refractivity contribution in [1.82, 2.24) is 0 Å². The molecule has 6 heteroatoms. The molecule has 0 aliphatic carbocycles. The van der Waals surface area contributed by atoms with E-state index >= 15 is 0 Å². The van der Waals surface area contributed by atoms with Crippen LogP contribution in [-0.2, 0) is 10.0 Å². The first-order valence-corrected chi connectivity index (χ1v) is 6.91. The van der Waals surface area contributed by atoms with E-state index in [1.54, 1.807) is 24.3 Å². The van der Waals surface area contributed by atoms with Crippen molar-refractivity contribution in [1.29, 1.82) is 0 Å². The van der Waals surface area contributed by atoms with Gasteiger partial charge < -0.3 is 5.11 Å². The second kappa shape index (κ2) is 4.88. The van der Waals surface area contributed by atoms with E-state index in [1.807, 2.05) is 0 Å². The second-order valence-electron chi connectivity index (χ2n) is 3.61. The molecule has 0 atom stereocenters. The van der Waals surface area contributed by atoms with Crippen LogP contribution in [0.3, 0.4) is 0 Å². The van der Waals surface area contributed by atoms with Crippen molar-refractivity contribution in [2.24, 2.45) is 0 Å². The van der Waals surface area contributed by atoms with Crippen LogP contribution >= 0.6 is 11.6 Å². The number of rotatable bonds is 3. The molecule has 0 spiro atoms. The number of hydrogen-bond acceptors (Lipinski definition) is 3. The van der Waals surface area contributed by atoms with Gasteiger partial charge in [0.05, 0.1) is 4.90 Å². The average Bonchev–Trinajstić information content (AvgIpc) is 2.32. The fourth-order valence-corrected chi connectivity index (χ4v) is 2.54. The van der Waals surface area contributed by atoms with Crippen LogP contribution < -0.4 is 4.72 Å². The number of sulfonamides is 1. The van der Waals surface area contributed by atoms with E-state index in [9.17, 15) is 8.42 Å². The Morgan fingerprint density at radius 1 is 0.944 bits per heavy atom. The van der Waals surface area contributed by atoms with Gasteiger partial charge in [0.15, 0.2) is 0 Å². The zero-order valence-corrected chi connectivity index (χ0v) is 10.7. The quantitative estimate of drug-likeness (QED) is 0.910. The smallest absolute Gasteiger partial charge is 0.261 e. The molecule has 4 nitrogen and oxygen atoms in total. The molecule has 0 aliphatic heterocycles. The zero-order valence-electron chi connectivity index (χ0n) is 9.17. The Labute approximate surface area is 110 Å². The SMILES string of the molecule is O=S(=O)(Nc1ccc(Cl)cc1)c1ccc(O)cc1. The number of hydrogen-bond donors (Lipinski definition) is 2. The number of benzene rings is 2. The number of halogens is 1. The lowest BCUT2D eigenvalue weighted by molar-refractivity contribution is 0.475. The van der Waals surface area contributed by atoms with Gasteiger partial charge in [-0.05, 0) is 48.5 Å². The number of nitrogens with one attached hydrogen (secondary N) is 1. The summed E-state index contributed by atoms with van der Waals surface area (Å²) in [5.74, 6) is 0.0143. The molecule has 0 radical (unpaired) electrons. The Morgan fingerprint density at radius 3 is 2.06 bits per heavy atom. The van der Waals surface area contributed by atoms with Crippen molar-refractivity contribution >= 4 is 27.3 Å². The molecule has 0 unspecified atom stereocenters. The topological polar surface area (TPSA) is 66.4 Å². The Balaban J connectivity index is 2.27. The fourth-order valence-electron chi connectivity index (χ4n) is 1.36. The summed E-state index contributed by atoms with van der Waals surface area (Å²) < 4.78 is 26.4. The molecule has 0 bridgehead atoms. The van der Waals surface area contributed by atoms with Crippen molar-refractivity contribution in [3.8, 4) is 5.75 Å². The maximum absolute atomic E-state index is 12.0. The molecule has 94 valence electrons. The highest BCUT2D eigenvalue weighted by Crippen LogP contribution is 2.19. The van der Waals surface area contributed by atoms with E-state index in [2.05, 4.69) is 4.72 Å². The first kappa shape index (κ1) is 12.7. The highest BCUT2D eigenvalue weighted by molar-refractivity contribution is 7.92. The minimum Gasteiger partial charge on any atom is -0.508 e. The van der Waals surface area contributed by atoms with Crippen LogP contribution in [0.1, 0.15) is 0 Å². The maximum atomic E-state index is 12.0. The van der Waals surface area contributed by atoms with Gasteiger partial charge in [0, 0.05) is 10.7 Å². The van der Waals surface area contributed by atoms with E-state index in [0.29, 0.717) is 10.7 Å². The molecule has 2 aromatic rings. The lowest BCUT2D eigenvalue weighted by Gasteiger charge is -2.08. The van der Waals surface area contributed by atoms with Crippen molar-refractivity contribution < 1.29 is 13.5 Å². The van der Waals surface area contributed by atoms with Gasteiger partial charge in [-0.2, -0.15) is 0 Å². The van der Waals surface area contributed by atoms with Crippen LogP contribution in [-0.4, -0.2) is 13.5 Å². The van der Waals surface area contributed by atoms with E-state index in [1.165, 1.54) is 24.3 Å². The summed E-state index contributed by atoms with van der Waals surface area (Å²) in [6, 6.07) is 11.6. The lowest BCUT2D eigenvalue weighted by atomic mass is 10.3. The lowest BCUT2D eigenvalue weighted by Crippen LogP contribution is -2.12. The molecule has 0 saturated heterocycles. The van der Waals surface area contributed by atoms with Crippen LogP contribution in [0.4, 0.5) is 5.69 Å². The Kier molecular flexibility index (Phi) is 3.45. The summed E-state index contributed by atoms with van der Waals surface area (Å²) in [7, 11) is -3.65. The molecular formula is C12H10ClNO3S. The third-order valence-corrected chi connectivity index (χ3v) is 3.89. The van der Waals surface area contributed by atoms with Gasteiger partial charge in [0.25, 0.3) is 10.0 Å². The summed E-state index contributed by atoms with van der Waals surface area (Å²) in [6.07, 6.45) is 0. The summed E-state index contributed by atoms with van der Waals surface area (Å²) in [4.78, 5) is 0.0789.